The van der Waals surface area contributed by atoms with Gasteiger partial charge < -0.3 is 19.4 Å². The number of nitrogens with zero attached hydrogens (tertiary/aromatic N) is 3. The van der Waals surface area contributed by atoms with Crippen molar-refractivity contribution in [2.45, 2.75) is 49.7 Å². The van der Waals surface area contributed by atoms with Crippen LogP contribution in [0.3, 0.4) is 0 Å². The van der Waals surface area contributed by atoms with Gasteiger partial charge in [-0.2, -0.15) is 4.31 Å². The van der Waals surface area contributed by atoms with E-state index in [2.05, 4.69) is 10.3 Å². The van der Waals surface area contributed by atoms with Gasteiger partial charge in [-0.1, -0.05) is 13.8 Å². The van der Waals surface area contributed by atoms with Crippen LogP contribution in [0.15, 0.2) is 52.2 Å². The molecule has 4 rings (SSSR count). The predicted octanol–water partition coefficient (Wildman–Crippen LogP) is 1.42. The molecule has 2 aromatic heterocycles. The molecule has 0 aromatic carbocycles. The number of Topliss-reactive ketones (excluding diaryl/α,β-unsaturated/α-hetero) is 1. The van der Waals surface area contributed by atoms with Crippen LogP contribution in [0.2, 0.25) is 0 Å². The van der Waals surface area contributed by atoms with Crippen LogP contribution >= 0.6 is 0 Å². The van der Waals surface area contributed by atoms with E-state index >= 15 is 0 Å². The van der Waals surface area contributed by atoms with Gasteiger partial charge in [0.05, 0.1) is 18.8 Å². The Balaban J connectivity index is 1.51. The van der Waals surface area contributed by atoms with Crippen LogP contribution in [0.5, 0.6) is 5.95 Å². The normalized spacial score (nSPS) is 21.5. The second-order valence-electron chi connectivity index (χ2n) is 8.69. The molecule has 2 amide bonds. The predicted molar refractivity (Wildman–Crippen MR) is 118 cm³/mol. The van der Waals surface area contributed by atoms with E-state index in [1.54, 1.807) is 6.07 Å². The van der Waals surface area contributed by atoms with Crippen molar-refractivity contribution in [1.29, 1.82) is 0 Å². The number of hydrogen-bond acceptors (Lipinski definition) is 8. The van der Waals surface area contributed by atoms with E-state index in [9.17, 15) is 22.8 Å². The number of likely N-dealkylation sites (tertiary alicyclic amines) is 1. The molecule has 12 heteroatoms. The number of pyridine rings is 1. The number of aromatic nitrogens is 1. The summed E-state index contributed by atoms with van der Waals surface area (Å²) in [6, 6.07) is 3.42. The maximum Gasteiger partial charge on any atom is 0.415 e. The average molecular weight is 491 g/mol. The van der Waals surface area contributed by atoms with E-state index in [1.807, 2.05) is 13.8 Å². The lowest BCUT2D eigenvalue weighted by Crippen LogP contribution is -2.53. The highest BCUT2D eigenvalue weighted by Crippen LogP contribution is 2.34. The molecule has 182 valence electrons. The topological polar surface area (TPSA) is 139 Å². The summed E-state index contributed by atoms with van der Waals surface area (Å²) < 4.78 is 37.4. The van der Waals surface area contributed by atoms with Gasteiger partial charge in [-0.05, 0) is 37.0 Å². The number of hydrogen-bond donors (Lipinski definition) is 1. The highest BCUT2D eigenvalue weighted by molar-refractivity contribution is 7.89. The summed E-state index contributed by atoms with van der Waals surface area (Å²) in [6.07, 6.45) is 3.81. The Kier molecular flexibility index (Phi) is 6.71. The lowest BCUT2D eigenvalue weighted by atomic mass is 10.0. The molecule has 34 heavy (non-hydrogen) atoms. The van der Waals surface area contributed by atoms with Crippen LogP contribution in [0.4, 0.5) is 4.79 Å². The summed E-state index contributed by atoms with van der Waals surface area (Å²) >= 11 is 0. The number of fused-ring (bicyclic) bond motifs is 1. The second-order valence-corrected chi connectivity index (χ2v) is 10.6. The van der Waals surface area contributed by atoms with Crippen LogP contribution in [-0.2, 0) is 19.6 Å². The fraction of sp³-hybridized carbons (Fsp3) is 0.455. The van der Waals surface area contributed by atoms with Gasteiger partial charge in [0.15, 0.2) is 5.78 Å². The monoisotopic (exact) mass is 490 g/mol. The van der Waals surface area contributed by atoms with Crippen LogP contribution in [0, 0.1) is 5.92 Å². The van der Waals surface area contributed by atoms with Crippen LogP contribution < -0.4 is 10.1 Å². The van der Waals surface area contributed by atoms with Gasteiger partial charge in [0.25, 0.3) is 5.95 Å². The first-order valence-electron chi connectivity index (χ1n) is 11.0. The molecule has 2 aliphatic rings. The van der Waals surface area contributed by atoms with E-state index in [0.29, 0.717) is 12.8 Å². The first kappa shape index (κ1) is 23.9. The first-order valence-corrected chi connectivity index (χ1v) is 12.4. The third-order valence-electron chi connectivity index (χ3n) is 5.89. The van der Waals surface area contributed by atoms with Crippen molar-refractivity contribution in [3.8, 4) is 5.95 Å². The summed E-state index contributed by atoms with van der Waals surface area (Å²) in [5, 5.41) is 2.56. The third kappa shape index (κ3) is 4.68. The fourth-order valence-corrected chi connectivity index (χ4v) is 6.04. The highest BCUT2D eigenvalue weighted by Gasteiger charge is 2.54. The van der Waals surface area contributed by atoms with Crippen molar-refractivity contribution >= 4 is 27.8 Å². The van der Waals surface area contributed by atoms with Crippen LogP contribution in [-0.4, -0.2) is 71.6 Å². The van der Waals surface area contributed by atoms with Gasteiger partial charge in [-0.3, -0.25) is 14.6 Å². The molecule has 2 aliphatic heterocycles. The first-order chi connectivity index (χ1) is 16.2. The Labute approximate surface area is 197 Å². The Morgan fingerprint density at radius 2 is 2.09 bits per heavy atom. The molecule has 0 saturated carbocycles. The highest BCUT2D eigenvalue weighted by atomic mass is 32.2. The number of nitrogens with one attached hydrogen (secondary N) is 1. The molecular formula is C22H26N4O7S. The smallest absolute Gasteiger partial charge is 0.415 e. The maximum absolute atomic E-state index is 13.4. The summed E-state index contributed by atoms with van der Waals surface area (Å²) in [5.74, 6) is -0.772. The van der Waals surface area contributed by atoms with E-state index < -0.39 is 40.1 Å². The number of ketones is 1. The molecule has 11 nitrogen and oxygen atoms in total. The largest absolute Gasteiger partial charge is 0.434 e. The summed E-state index contributed by atoms with van der Waals surface area (Å²) in [7, 11) is -3.95. The number of carbonyl (C=O) groups is 3. The van der Waals surface area contributed by atoms with Crippen LogP contribution in [0.1, 0.15) is 26.7 Å². The van der Waals surface area contributed by atoms with Crippen molar-refractivity contribution in [2.75, 3.05) is 13.1 Å². The molecule has 2 fully saturated rings. The minimum Gasteiger partial charge on any atom is -0.434 e. The molecule has 0 aliphatic carbocycles. The molecule has 2 saturated heterocycles. The molecule has 1 N–H and O–H groups in total. The average Bonchev–Trinajstić information content (AvgIpc) is 3.52. The zero-order valence-corrected chi connectivity index (χ0v) is 19.6. The Morgan fingerprint density at radius 3 is 2.74 bits per heavy atom. The number of sulfonamides is 1. The van der Waals surface area contributed by atoms with Gasteiger partial charge >= 0.3 is 6.09 Å². The summed E-state index contributed by atoms with van der Waals surface area (Å²) in [5.41, 5.74) is 0. The Hall–Kier alpha value is -3.25. The SMILES string of the molecule is CC(C)CC(NC(=O)Oc1ccco1)C(=O)N1CCC2C1C(=O)CN2S(=O)(=O)c1cccnc1. The second kappa shape index (κ2) is 9.55. The van der Waals surface area contributed by atoms with Crippen molar-refractivity contribution < 1.29 is 32.0 Å². The fourth-order valence-electron chi connectivity index (χ4n) is 4.45. The lowest BCUT2D eigenvalue weighted by Gasteiger charge is -2.28. The molecule has 0 radical (unpaired) electrons. The Morgan fingerprint density at radius 1 is 1.29 bits per heavy atom. The molecule has 0 bridgehead atoms. The van der Waals surface area contributed by atoms with Crippen molar-refractivity contribution in [3.05, 3.63) is 42.9 Å². The van der Waals surface area contributed by atoms with Gasteiger partial charge in [0.1, 0.15) is 17.0 Å². The maximum atomic E-state index is 13.4. The number of rotatable bonds is 7. The van der Waals surface area contributed by atoms with Crippen molar-refractivity contribution in [3.63, 3.8) is 0 Å². The van der Waals surface area contributed by atoms with Gasteiger partial charge in [-0.15, -0.1) is 0 Å². The third-order valence-corrected chi connectivity index (χ3v) is 7.74. The molecule has 0 spiro atoms. The van der Waals surface area contributed by atoms with Crippen LogP contribution in [0.25, 0.3) is 0 Å². The van der Waals surface area contributed by atoms with Crippen molar-refractivity contribution in [2.24, 2.45) is 5.92 Å². The zero-order chi connectivity index (χ0) is 24.5. The minimum atomic E-state index is -3.95. The number of amides is 2. The van der Waals surface area contributed by atoms with Gasteiger partial charge in [-0.25, -0.2) is 13.2 Å². The Bertz CT molecular complexity index is 1150. The number of furan rings is 1. The minimum absolute atomic E-state index is 0.00625. The van der Waals surface area contributed by atoms with E-state index in [1.165, 1.54) is 41.8 Å². The molecule has 2 aromatic rings. The molecular weight excluding hydrogens is 464 g/mol. The summed E-state index contributed by atoms with van der Waals surface area (Å²) in [6.45, 7) is 3.67. The standard InChI is InChI=1S/C22H26N4O7S/c1-14(2)11-16(24-22(29)33-19-6-4-10-32-19)21(28)25-9-7-17-20(25)18(27)13-26(17)34(30,31)15-5-3-8-23-12-15/h3-6,8,10,12,14,16-17,20H,7,9,11,13H2,1-2H3,(H,24,29). The number of ether oxygens (including phenoxy) is 1. The van der Waals surface area contributed by atoms with E-state index in [4.69, 9.17) is 9.15 Å². The van der Waals surface area contributed by atoms with Gasteiger partial charge in [0.2, 0.25) is 15.9 Å². The lowest BCUT2D eigenvalue weighted by molar-refractivity contribution is -0.138. The van der Waals surface area contributed by atoms with E-state index in [-0.39, 0.29) is 35.6 Å². The van der Waals surface area contributed by atoms with Gasteiger partial charge in [0, 0.05) is 25.0 Å². The number of carbonyl (C=O) groups excluding carboxylic acids is 3. The van der Waals surface area contributed by atoms with E-state index in [0.717, 1.165) is 4.31 Å². The van der Waals surface area contributed by atoms with Crippen molar-refractivity contribution in [1.82, 2.24) is 19.5 Å². The molecule has 3 atom stereocenters. The quantitative estimate of drug-likeness (QED) is 0.615. The summed E-state index contributed by atoms with van der Waals surface area (Å²) in [4.78, 5) is 43.9. The zero-order valence-electron chi connectivity index (χ0n) is 18.8. The molecule has 4 heterocycles. The molecule has 3 unspecified atom stereocenters.